The molecule has 130 valence electrons. The van der Waals surface area contributed by atoms with Gasteiger partial charge < -0.3 is 20.7 Å². The molecule has 1 aromatic rings. The van der Waals surface area contributed by atoms with Crippen molar-refractivity contribution in [3.8, 4) is 5.75 Å². The first-order valence-electron chi connectivity index (χ1n) is 8.35. The third kappa shape index (κ3) is 4.03. The lowest BCUT2D eigenvalue weighted by Gasteiger charge is -2.19. The van der Waals surface area contributed by atoms with Crippen LogP contribution < -0.4 is 20.7 Å². The fourth-order valence-electron chi connectivity index (χ4n) is 3.06. The number of halogens is 1. The molecule has 2 amide bonds. The van der Waals surface area contributed by atoms with Gasteiger partial charge in [0.15, 0.2) is 0 Å². The average molecular weight is 335 g/mol. The third-order valence-corrected chi connectivity index (χ3v) is 4.42. The van der Waals surface area contributed by atoms with E-state index in [1.807, 2.05) is 0 Å². The molecule has 0 radical (unpaired) electrons. The van der Waals surface area contributed by atoms with E-state index in [1.165, 1.54) is 18.2 Å². The molecule has 0 spiro atoms. The van der Waals surface area contributed by atoms with Gasteiger partial charge in [-0.3, -0.25) is 9.59 Å². The van der Waals surface area contributed by atoms with E-state index in [1.54, 1.807) is 0 Å². The van der Waals surface area contributed by atoms with E-state index in [2.05, 4.69) is 16.0 Å². The summed E-state index contributed by atoms with van der Waals surface area (Å²) in [5.41, 5.74) is 0.205. The van der Waals surface area contributed by atoms with Crippen LogP contribution in [0.25, 0.3) is 0 Å². The van der Waals surface area contributed by atoms with Gasteiger partial charge >= 0.3 is 0 Å². The van der Waals surface area contributed by atoms with Crippen molar-refractivity contribution in [3.63, 3.8) is 0 Å². The molecule has 3 rings (SSSR count). The molecular weight excluding hydrogens is 313 g/mol. The number of rotatable bonds is 0. The highest BCUT2D eigenvalue weighted by Crippen LogP contribution is 2.21. The molecule has 2 atom stereocenters. The van der Waals surface area contributed by atoms with E-state index in [-0.39, 0.29) is 29.3 Å². The lowest BCUT2D eigenvalue weighted by atomic mass is 10.0. The lowest BCUT2D eigenvalue weighted by molar-refractivity contribution is -0.125. The molecule has 3 N–H and O–H groups in total. The number of ether oxygens (including phenoxy) is 1. The quantitative estimate of drug-likeness (QED) is 0.656. The van der Waals surface area contributed by atoms with E-state index in [4.69, 9.17) is 4.74 Å². The number of carbonyl (C=O) groups is 2. The third-order valence-electron chi connectivity index (χ3n) is 4.42. The van der Waals surface area contributed by atoms with Crippen molar-refractivity contribution in [1.82, 2.24) is 16.0 Å². The minimum Gasteiger partial charge on any atom is -0.493 e. The number of fused-ring (bicyclic) bond motifs is 4. The zero-order valence-corrected chi connectivity index (χ0v) is 13.4. The van der Waals surface area contributed by atoms with Gasteiger partial charge in [0.05, 0.1) is 18.1 Å². The van der Waals surface area contributed by atoms with Gasteiger partial charge in [-0.15, -0.1) is 0 Å². The fourth-order valence-corrected chi connectivity index (χ4v) is 3.06. The molecule has 0 aromatic heterocycles. The summed E-state index contributed by atoms with van der Waals surface area (Å²) in [7, 11) is 0. The number of amides is 2. The second-order valence-electron chi connectivity index (χ2n) is 6.24. The highest BCUT2D eigenvalue weighted by molar-refractivity contribution is 5.97. The van der Waals surface area contributed by atoms with Crippen molar-refractivity contribution in [1.29, 1.82) is 0 Å². The van der Waals surface area contributed by atoms with E-state index in [0.29, 0.717) is 51.3 Å². The molecule has 0 aliphatic carbocycles. The molecule has 2 bridgehead atoms. The van der Waals surface area contributed by atoms with Crippen molar-refractivity contribution in [2.24, 2.45) is 5.92 Å². The summed E-state index contributed by atoms with van der Waals surface area (Å²) >= 11 is 0. The molecular formula is C17H22FN3O3. The molecule has 2 aliphatic rings. The predicted molar refractivity (Wildman–Crippen MR) is 86.4 cm³/mol. The van der Waals surface area contributed by atoms with Crippen LogP contribution >= 0.6 is 0 Å². The van der Waals surface area contributed by atoms with Gasteiger partial charge in [0, 0.05) is 25.7 Å². The van der Waals surface area contributed by atoms with Crippen molar-refractivity contribution < 1.29 is 18.7 Å². The standard InChI is InChI=1S/C17H22FN3O3/c18-12-3-5-15-14(8-12)17(23)21-13-4-2-11(9-19-10-13)16(22)20-6-1-7-24-15/h3,5,8,11,13,19H,1-2,4,6-7,9-10H2,(H,20,22)(H,21,23)/t11-,13+/m0/s1. The Hall–Kier alpha value is -2.15. The molecule has 7 heteroatoms. The maximum Gasteiger partial charge on any atom is 0.255 e. The smallest absolute Gasteiger partial charge is 0.255 e. The van der Waals surface area contributed by atoms with Crippen LogP contribution in [-0.4, -0.2) is 44.1 Å². The van der Waals surface area contributed by atoms with Gasteiger partial charge in [-0.05, 0) is 37.5 Å². The summed E-state index contributed by atoms with van der Waals surface area (Å²) in [6.45, 7) is 2.04. The average Bonchev–Trinajstić information content (AvgIpc) is 2.80. The monoisotopic (exact) mass is 335 g/mol. The highest BCUT2D eigenvalue weighted by Gasteiger charge is 2.26. The van der Waals surface area contributed by atoms with Gasteiger partial charge in [0.1, 0.15) is 11.6 Å². The number of carbonyl (C=O) groups excluding carboxylic acids is 2. The number of hydrogen-bond donors (Lipinski definition) is 3. The molecule has 6 nitrogen and oxygen atoms in total. The Bertz CT molecular complexity index is 623. The van der Waals surface area contributed by atoms with Gasteiger partial charge in [0.25, 0.3) is 5.91 Å². The second-order valence-corrected chi connectivity index (χ2v) is 6.24. The van der Waals surface area contributed by atoms with Crippen LogP contribution in [0.15, 0.2) is 18.2 Å². The highest BCUT2D eigenvalue weighted by atomic mass is 19.1. The van der Waals surface area contributed by atoms with Crippen LogP contribution in [0.3, 0.4) is 0 Å². The summed E-state index contributed by atoms with van der Waals surface area (Å²) in [4.78, 5) is 24.7. The zero-order chi connectivity index (χ0) is 16.9. The molecule has 0 saturated carbocycles. The Kier molecular flexibility index (Phi) is 5.30. The van der Waals surface area contributed by atoms with E-state index in [0.717, 1.165) is 0 Å². The zero-order valence-electron chi connectivity index (χ0n) is 13.4. The summed E-state index contributed by atoms with van der Waals surface area (Å²) in [5.74, 6) is -0.526. The first-order chi connectivity index (χ1) is 11.6. The van der Waals surface area contributed by atoms with Gasteiger partial charge in [-0.2, -0.15) is 0 Å². The largest absolute Gasteiger partial charge is 0.493 e. The van der Waals surface area contributed by atoms with Crippen molar-refractivity contribution in [3.05, 3.63) is 29.6 Å². The maximum absolute atomic E-state index is 13.5. The first-order valence-corrected chi connectivity index (χ1v) is 8.35. The Balaban J connectivity index is 1.83. The van der Waals surface area contributed by atoms with Crippen LogP contribution in [0, 0.1) is 11.7 Å². The molecule has 2 heterocycles. The number of benzene rings is 1. The molecule has 1 aromatic carbocycles. The minimum atomic E-state index is -0.472. The van der Waals surface area contributed by atoms with Crippen LogP contribution in [0.5, 0.6) is 5.75 Å². The van der Waals surface area contributed by atoms with Crippen molar-refractivity contribution in [2.75, 3.05) is 26.2 Å². The molecule has 24 heavy (non-hydrogen) atoms. The minimum absolute atomic E-state index is 0.0361. The lowest BCUT2D eigenvalue weighted by Crippen LogP contribution is -2.41. The number of hydrogen-bond acceptors (Lipinski definition) is 4. The van der Waals surface area contributed by atoms with Gasteiger partial charge in [-0.25, -0.2) is 4.39 Å². The Morgan fingerprint density at radius 1 is 1.17 bits per heavy atom. The van der Waals surface area contributed by atoms with Gasteiger partial charge in [0.2, 0.25) is 5.91 Å². The Morgan fingerprint density at radius 3 is 2.92 bits per heavy atom. The summed E-state index contributed by atoms with van der Waals surface area (Å²) in [6.07, 6.45) is 2.02. The number of nitrogens with one attached hydrogen (secondary N) is 3. The maximum atomic E-state index is 13.5. The van der Waals surface area contributed by atoms with E-state index >= 15 is 0 Å². The van der Waals surface area contributed by atoms with Crippen LogP contribution in [-0.2, 0) is 4.79 Å². The summed E-state index contributed by atoms with van der Waals surface area (Å²) < 4.78 is 19.2. The summed E-state index contributed by atoms with van der Waals surface area (Å²) in [6, 6.07) is 3.84. The normalized spacial score (nSPS) is 25.5. The van der Waals surface area contributed by atoms with Crippen molar-refractivity contribution in [2.45, 2.75) is 25.3 Å². The van der Waals surface area contributed by atoms with E-state index in [9.17, 15) is 14.0 Å². The summed E-state index contributed by atoms with van der Waals surface area (Å²) in [5, 5.41) is 9.06. The van der Waals surface area contributed by atoms with Crippen molar-refractivity contribution >= 4 is 11.8 Å². The second kappa shape index (κ2) is 7.61. The topological polar surface area (TPSA) is 79.5 Å². The first kappa shape index (κ1) is 16.7. The molecule has 1 saturated heterocycles. The molecule has 2 aliphatic heterocycles. The van der Waals surface area contributed by atoms with Crippen LogP contribution in [0.2, 0.25) is 0 Å². The molecule has 1 fully saturated rings. The van der Waals surface area contributed by atoms with E-state index < -0.39 is 5.82 Å². The van der Waals surface area contributed by atoms with Gasteiger partial charge in [-0.1, -0.05) is 0 Å². The van der Waals surface area contributed by atoms with Crippen LogP contribution in [0.1, 0.15) is 29.6 Å². The predicted octanol–water partition coefficient (Wildman–Crippen LogP) is 0.822. The Labute approximate surface area is 140 Å². The SMILES string of the molecule is O=C1N[C@@H]2CC[C@@H](CNC2)C(=O)NCCCOc2ccc(F)cc21. The Morgan fingerprint density at radius 2 is 2.04 bits per heavy atom. The fraction of sp³-hybridized carbons (Fsp3) is 0.529. The van der Waals surface area contributed by atoms with Crippen LogP contribution in [0.4, 0.5) is 4.39 Å². The molecule has 0 unspecified atom stereocenters.